The lowest BCUT2D eigenvalue weighted by molar-refractivity contribution is 0.0989. The predicted molar refractivity (Wildman–Crippen MR) is 124 cm³/mol. The highest BCUT2D eigenvalue weighted by molar-refractivity contribution is 5.97. The molecule has 0 saturated carbocycles. The van der Waals surface area contributed by atoms with Crippen LogP contribution in [0.1, 0.15) is 27.9 Å². The summed E-state index contributed by atoms with van der Waals surface area (Å²) in [6.07, 6.45) is 2.93. The van der Waals surface area contributed by atoms with E-state index in [4.69, 9.17) is 4.74 Å². The van der Waals surface area contributed by atoms with Gasteiger partial charge in [-0.25, -0.2) is 9.37 Å². The molecule has 0 spiro atoms. The van der Waals surface area contributed by atoms with Gasteiger partial charge in [0.15, 0.2) is 5.78 Å². The first-order valence-electron chi connectivity index (χ1n) is 10.9. The largest absolute Gasteiger partial charge is 0.489 e. The average Bonchev–Trinajstić information content (AvgIpc) is 3.30. The maximum absolute atomic E-state index is 14.6. The summed E-state index contributed by atoms with van der Waals surface area (Å²) < 4.78 is 20.2. The molecule has 166 valence electrons. The molecule has 0 bridgehead atoms. The molecule has 32 heavy (non-hydrogen) atoms. The second-order valence-corrected chi connectivity index (χ2v) is 8.39. The van der Waals surface area contributed by atoms with E-state index in [9.17, 15) is 9.18 Å². The van der Waals surface area contributed by atoms with Crippen LogP contribution in [0.15, 0.2) is 66.9 Å². The maximum Gasteiger partial charge on any atom is 0.170 e. The lowest BCUT2D eigenvalue weighted by Gasteiger charge is -2.21. The molecule has 1 aromatic heterocycles. The van der Waals surface area contributed by atoms with Crippen molar-refractivity contribution < 1.29 is 13.9 Å². The Morgan fingerprint density at radius 2 is 1.94 bits per heavy atom. The fraction of sp³-hybridized carbons (Fsp3) is 0.308. The van der Waals surface area contributed by atoms with Crippen LogP contribution >= 0.6 is 0 Å². The van der Waals surface area contributed by atoms with Gasteiger partial charge in [-0.1, -0.05) is 36.4 Å². The van der Waals surface area contributed by atoms with Gasteiger partial charge in [0, 0.05) is 37.8 Å². The van der Waals surface area contributed by atoms with Crippen LogP contribution in [0.3, 0.4) is 0 Å². The second kappa shape index (κ2) is 9.92. The third-order valence-corrected chi connectivity index (χ3v) is 5.88. The third kappa shape index (κ3) is 5.32. The van der Waals surface area contributed by atoms with Crippen molar-refractivity contribution in [2.45, 2.75) is 25.5 Å². The van der Waals surface area contributed by atoms with E-state index in [0.29, 0.717) is 18.4 Å². The zero-order valence-electron chi connectivity index (χ0n) is 18.5. The molecule has 1 atom stereocenters. The molecule has 2 aromatic carbocycles. The number of carbonyl (C=O) groups excluding carboxylic acids is 1. The molecule has 1 fully saturated rings. The van der Waals surface area contributed by atoms with Gasteiger partial charge in [0.1, 0.15) is 24.0 Å². The summed E-state index contributed by atoms with van der Waals surface area (Å²) in [5.74, 6) is 0.463. The highest BCUT2D eigenvalue weighted by Crippen LogP contribution is 2.22. The molecule has 6 heteroatoms. The van der Waals surface area contributed by atoms with Crippen LogP contribution < -0.4 is 9.64 Å². The number of halogens is 1. The summed E-state index contributed by atoms with van der Waals surface area (Å²) in [5.41, 5.74) is 1.83. The van der Waals surface area contributed by atoms with Crippen molar-refractivity contribution in [2.24, 2.45) is 0 Å². The average molecular weight is 434 g/mol. The van der Waals surface area contributed by atoms with E-state index in [1.54, 1.807) is 12.3 Å². The number of ether oxygens (including phenoxy) is 1. The number of anilines is 1. The Morgan fingerprint density at radius 3 is 2.59 bits per heavy atom. The summed E-state index contributed by atoms with van der Waals surface area (Å²) in [5, 5.41) is 0. The van der Waals surface area contributed by atoms with E-state index < -0.39 is 5.82 Å². The number of carbonyl (C=O) groups is 1. The van der Waals surface area contributed by atoms with Gasteiger partial charge in [0.25, 0.3) is 0 Å². The third-order valence-electron chi connectivity index (χ3n) is 5.88. The van der Waals surface area contributed by atoms with E-state index in [1.807, 2.05) is 42.5 Å². The first kappa shape index (κ1) is 22.0. The molecule has 4 rings (SSSR count). The van der Waals surface area contributed by atoms with Crippen LogP contribution in [0.5, 0.6) is 5.75 Å². The van der Waals surface area contributed by atoms with E-state index >= 15 is 0 Å². The molecule has 0 N–H and O–H groups in total. The van der Waals surface area contributed by atoms with Crippen molar-refractivity contribution in [3.8, 4) is 5.75 Å². The molecule has 5 nitrogen and oxygen atoms in total. The van der Waals surface area contributed by atoms with Crippen LogP contribution in [0, 0.1) is 5.82 Å². The normalized spacial score (nSPS) is 15.9. The van der Waals surface area contributed by atoms with Crippen LogP contribution in [0.4, 0.5) is 10.2 Å². The van der Waals surface area contributed by atoms with Gasteiger partial charge < -0.3 is 14.5 Å². The lowest BCUT2D eigenvalue weighted by Crippen LogP contribution is -2.31. The van der Waals surface area contributed by atoms with E-state index in [1.165, 1.54) is 12.1 Å². The molecule has 1 saturated heterocycles. The number of hydrogen-bond acceptors (Lipinski definition) is 5. The van der Waals surface area contributed by atoms with Gasteiger partial charge >= 0.3 is 0 Å². The number of pyridine rings is 1. The summed E-state index contributed by atoms with van der Waals surface area (Å²) in [6.45, 7) is 2.26. The number of hydrogen-bond donors (Lipinski definition) is 0. The fourth-order valence-electron chi connectivity index (χ4n) is 3.91. The van der Waals surface area contributed by atoms with E-state index in [0.717, 1.165) is 36.5 Å². The molecule has 1 aliphatic heterocycles. The first-order valence-corrected chi connectivity index (χ1v) is 10.9. The standard InChI is InChI=1S/C26H28FN3O2/c1-29(2)21-12-13-30(17-21)26-11-8-20(16-28-26)14-25(31)23-10-9-22(15-24(23)27)32-18-19-6-4-3-5-7-19/h3-11,15-16,21H,12-14,17-18H2,1-2H3/t21-/m0/s1. The lowest BCUT2D eigenvalue weighted by atomic mass is 10.0. The minimum Gasteiger partial charge on any atom is -0.489 e. The topological polar surface area (TPSA) is 45.7 Å². The van der Waals surface area contributed by atoms with E-state index in [2.05, 4.69) is 28.9 Å². The monoisotopic (exact) mass is 433 g/mol. The summed E-state index contributed by atoms with van der Waals surface area (Å²) in [6, 6.07) is 18.4. The molecule has 2 heterocycles. The molecule has 0 radical (unpaired) electrons. The van der Waals surface area contributed by atoms with Gasteiger partial charge in [-0.2, -0.15) is 0 Å². The maximum atomic E-state index is 14.6. The highest BCUT2D eigenvalue weighted by atomic mass is 19.1. The van der Waals surface area contributed by atoms with Crippen molar-refractivity contribution >= 4 is 11.6 Å². The Hall–Kier alpha value is -3.25. The second-order valence-electron chi connectivity index (χ2n) is 8.39. The quantitative estimate of drug-likeness (QED) is 0.494. The first-order chi connectivity index (χ1) is 15.5. The van der Waals surface area contributed by atoms with Crippen molar-refractivity contribution in [2.75, 3.05) is 32.1 Å². The fourth-order valence-corrected chi connectivity index (χ4v) is 3.91. The smallest absolute Gasteiger partial charge is 0.170 e. The number of benzene rings is 2. The van der Waals surface area contributed by atoms with Gasteiger partial charge in [-0.05, 0) is 49.8 Å². The molecule has 0 unspecified atom stereocenters. The Morgan fingerprint density at radius 1 is 1.12 bits per heavy atom. The number of likely N-dealkylation sites (N-methyl/N-ethyl adjacent to an activating group) is 1. The molecule has 0 amide bonds. The van der Waals surface area contributed by atoms with E-state index in [-0.39, 0.29) is 17.8 Å². The van der Waals surface area contributed by atoms with Crippen molar-refractivity contribution in [3.05, 3.63) is 89.4 Å². The number of nitrogens with zero attached hydrogens (tertiary/aromatic N) is 3. The molecule has 1 aliphatic rings. The zero-order valence-corrected chi connectivity index (χ0v) is 18.5. The van der Waals surface area contributed by atoms with Gasteiger partial charge in [0.05, 0.1) is 5.56 Å². The molecule has 0 aliphatic carbocycles. The Labute approximate surface area is 188 Å². The minimum absolute atomic E-state index is 0.0644. The number of rotatable bonds is 8. The number of Topliss-reactive ketones (excluding diaryl/α,β-unsaturated/α-hetero) is 1. The Kier molecular flexibility index (Phi) is 6.81. The number of ketones is 1. The number of aromatic nitrogens is 1. The van der Waals surface area contributed by atoms with Gasteiger partial charge in [-0.3, -0.25) is 4.79 Å². The van der Waals surface area contributed by atoms with Crippen molar-refractivity contribution in [1.82, 2.24) is 9.88 Å². The predicted octanol–water partition coefficient (Wildman–Crippen LogP) is 4.37. The summed E-state index contributed by atoms with van der Waals surface area (Å²) in [7, 11) is 4.19. The Bertz CT molecular complexity index is 1050. The van der Waals surface area contributed by atoms with Crippen LogP contribution in [0.2, 0.25) is 0 Å². The van der Waals surface area contributed by atoms with Crippen LogP contribution in [-0.2, 0) is 13.0 Å². The molecular weight excluding hydrogens is 405 g/mol. The van der Waals surface area contributed by atoms with Gasteiger partial charge in [0.2, 0.25) is 0 Å². The molecule has 3 aromatic rings. The van der Waals surface area contributed by atoms with Crippen molar-refractivity contribution in [1.29, 1.82) is 0 Å². The molecular formula is C26H28FN3O2. The summed E-state index contributed by atoms with van der Waals surface area (Å²) >= 11 is 0. The zero-order chi connectivity index (χ0) is 22.5. The van der Waals surface area contributed by atoms with Crippen LogP contribution in [-0.4, -0.2) is 48.9 Å². The SMILES string of the molecule is CN(C)[C@H]1CCN(c2ccc(CC(=O)c3ccc(OCc4ccccc4)cc3F)cn2)C1. The van der Waals surface area contributed by atoms with Crippen molar-refractivity contribution in [3.63, 3.8) is 0 Å². The minimum atomic E-state index is -0.572. The van der Waals surface area contributed by atoms with Gasteiger partial charge in [-0.15, -0.1) is 0 Å². The highest BCUT2D eigenvalue weighted by Gasteiger charge is 2.24. The summed E-state index contributed by atoms with van der Waals surface area (Å²) in [4.78, 5) is 21.7. The Balaban J connectivity index is 1.35. The van der Waals surface area contributed by atoms with Crippen LogP contribution in [0.25, 0.3) is 0 Å².